The zero-order chi connectivity index (χ0) is 13.3. The number of rotatable bonds is 7. The van der Waals surface area contributed by atoms with E-state index in [2.05, 4.69) is 31.3 Å². The van der Waals surface area contributed by atoms with Gasteiger partial charge in [-0.1, -0.05) is 31.3 Å². The van der Waals surface area contributed by atoms with Gasteiger partial charge in [-0.05, 0) is 26.0 Å². The second-order valence-corrected chi connectivity index (χ2v) is 9.77. The Kier molecular flexibility index (Phi) is 7.89. The van der Waals surface area contributed by atoms with Crippen LogP contribution in [0.3, 0.4) is 0 Å². The van der Waals surface area contributed by atoms with Gasteiger partial charge in [0.05, 0.1) is 8.07 Å². The Morgan fingerprint density at radius 3 is 2.12 bits per heavy atom. The molecule has 0 saturated carbocycles. The van der Waals surface area contributed by atoms with Crippen molar-refractivity contribution in [3.05, 3.63) is 23.4 Å². The van der Waals surface area contributed by atoms with Crippen LogP contribution >= 0.6 is 0 Å². The third-order valence-electron chi connectivity index (χ3n) is 1.85. The highest BCUT2D eigenvalue weighted by molar-refractivity contribution is 6.81. The Hall–Kier alpha value is -0.823. The maximum Gasteiger partial charge on any atom is 0.177 e. The topological polar surface area (TPSA) is 18.5 Å². The predicted molar refractivity (Wildman–Crippen MR) is 76.4 cm³/mol. The molecule has 17 heavy (non-hydrogen) atoms. The summed E-state index contributed by atoms with van der Waals surface area (Å²) in [6.45, 7) is 11.9. The van der Waals surface area contributed by atoms with Crippen molar-refractivity contribution in [1.29, 1.82) is 0 Å². The zero-order valence-electron chi connectivity index (χ0n) is 11.6. The molecule has 0 unspecified atom stereocenters. The fraction of sp³-hybridized carbons (Fsp3) is 0.571. The molecule has 0 aromatic heterocycles. The molecule has 0 aliphatic rings. The molecule has 0 heterocycles. The summed E-state index contributed by atoms with van der Waals surface area (Å²) in [6.07, 6.45) is 8.97. The summed E-state index contributed by atoms with van der Waals surface area (Å²) in [6, 6.07) is 0. The first-order valence-corrected chi connectivity index (χ1v) is 9.61. The van der Waals surface area contributed by atoms with Crippen LogP contribution in [0, 0.1) is 12.3 Å². The van der Waals surface area contributed by atoms with Gasteiger partial charge in [0, 0.05) is 18.8 Å². The number of hydrogen-bond donors (Lipinski definition) is 0. The van der Waals surface area contributed by atoms with Gasteiger partial charge in [0.1, 0.15) is 0 Å². The van der Waals surface area contributed by atoms with Crippen molar-refractivity contribution in [2.24, 2.45) is 0 Å². The van der Waals surface area contributed by atoms with Crippen molar-refractivity contribution >= 4 is 8.07 Å². The van der Waals surface area contributed by atoms with E-state index in [1.165, 1.54) is 0 Å². The van der Waals surface area contributed by atoms with E-state index in [0.717, 1.165) is 5.57 Å². The van der Waals surface area contributed by atoms with Crippen molar-refractivity contribution in [3.63, 3.8) is 0 Å². The molecule has 0 atom stereocenters. The second kappa shape index (κ2) is 8.29. The van der Waals surface area contributed by atoms with Gasteiger partial charge >= 0.3 is 0 Å². The number of terminal acetylenes is 1. The second-order valence-electron chi connectivity index (χ2n) is 4.75. The standard InChI is InChI=1S/C14H24O2Si/c1-7-13(12-17(4,5)6)10-11-14(15-8-2)16-9-3/h1,10-12,14H,8-9H2,2-6H3/b11-10+,13-12+. The van der Waals surface area contributed by atoms with Crippen LogP contribution in [0.2, 0.25) is 19.6 Å². The SMILES string of the molecule is C#CC(=C\[Si](C)(C)C)/C=C/C(OCC)OCC. The van der Waals surface area contributed by atoms with Gasteiger partial charge < -0.3 is 9.47 Å². The first-order valence-electron chi connectivity index (χ1n) is 6.03. The summed E-state index contributed by atoms with van der Waals surface area (Å²) in [5.74, 6) is 2.70. The van der Waals surface area contributed by atoms with Crippen LogP contribution in [-0.2, 0) is 9.47 Å². The molecular weight excluding hydrogens is 228 g/mol. The van der Waals surface area contributed by atoms with E-state index in [0.29, 0.717) is 13.2 Å². The van der Waals surface area contributed by atoms with E-state index in [9.17, 15) is 0 Å². The molecule has 96 valence electrons. The molecule has 0 fully saturated rings. The minimum absolute atomic E-state index is 0.302. The minimum atomic E-state index is -1.29. The largest absolute Gasteiger partial charge is 0.349 e. The molecule has 0 saturated heterocycles. The molecule has 0 aromatic carbocycles. The fourth-order valence-corrected chi connectivity index (χ4v) is 2.39. The molecule has 0 spiro atoms. The number of allylic oxidation sites excluding steroid dienone is 2. The van der Waals surface area contributed by atoms with Crippen molar-refractivity contribution in [2.75, 3.05) is 13.2 Å². The Labute approximate surface area is 107 Å². The normalized spacial score (nSPS) is 13.4. The maximum atomic E-state index is 5.49. The summed E-state index contributed by atoms with van der Waals surface area (Å²) in [5.41, 5.74) is 3.10. The Morgan fingerprint density at radius 1 is 1.24 bits per heavy atom. The monoisotopic (exact) mass is 252 g/mol. The summed E-state index contributed by atoms with van der Waals surface area (Å²) in [4.78, 5) is 0. The molecule has 0 bridgehead atoms. The van der Waals surface area contributed by atoms with Gasteiger partial charge in [-0.15, -0.1) is 6.42 Å². The van der Waals surface area contributed by atoms with Gasteiger partial charge in [0.2, 0.25) is 0 Å². The van der Waals surface area contributed by atoms with Gasteiger partial charge in [-0.25, -0.2) is 0 Å². The number of ether oxygens (including phenoxy) is 2. The summed E-state index contributed by atoms with van der Waals surface area (Å²) in [7, 11) is -1.29. The van der Waals surface area contributed by atoms with Crippen molar-refractivity contribution in [1.82, 2.24) is 0 Å². The highest BCUT2D eigenvalue weighted by atomic mass is 28.3. The molecular formula is C14H24O2Si. The van der Waals surface area contributed by atoms with Crippen LogP contribution in [0.1, 0.15) is 13.8 Å². The number of hydrogen-bond acceptors (Lipinski definition) is 2. The van der Waals surface area contributed by atoms with Crippen LogP contribution in [-0.4, -0.2) is 27.6 Å². The zero-order valence-corrected chi connectivity index (χ0v) is 12.6. The highest BCUT2D eigenvalue weighted by Gasteiger charge is 2.09. The molecule has 0 amide bonds. The van der Waals surface area contributed by atoms with E-state index in [1.54, 1.807) is 0 Å². The lowest BCUT2D eigenvalue weighted by Gasteiger charge is -2.13. The van der Waals surface area contributed by atoms with Crippen LogP contribution in [0.25, 0.3) is 0 Å². The molecule has 0 aromatic rings. The summed E-state index contributed by atoms with van der Waals surface area (Å²) in [5, 5.41) is 0. The fourth-order valence-electron chi connectivity index (χ4n) is 1.27. The Balaban J connectivity index is 4.64. The lowest BCUT2D eigenvalue weighted by molar-refractivity contribution is -0.103. The van der Waals surface area contributed by atoms with E-state index in [4.69, 9.17) is 15.9 Å². The maximum absolute atomic E-state index is 5.49. The van der Waals surface area contributed by atoms with E-state index >= 15 is 0 Å². The van der Waals surface area contributed by atoms with Gasteiger partial charge in [-0.2, -0.15) is 0 Å². The van der Waals surface area contributed by atoms with Crippen LogP contribution in [0.4, 0.5) is 0 Å². The Morgan fingerprint density at radius 2 is 1.76 bits per heavy atom. The van der Waals surface area contributed by atoms with E-state index < -0.39 is 8.07 Å². The van der Waals surface area contributed by atoms with Crippen LogP contribution in [0.15, 0.2) is 23.4 Å². The lowest BCUT2D eigenvalue weighted by atomic mass is 10.3. The summed E-state index contributed by atoms with van der Waals surface area (Å²) >= 11 is 0. The van der Waals surface area contributed by atoms with E-state index in [1.807, 2.05) is 26.0 Å². The van der Waals surface area contributed by atoms with Crippen molar-refractivity contribution in [3.8, 4) is 12.3 Å². The Bertz CT molecular complexity index is 299. The van der Waals surface area contributed by atoms with Crippen molar-refractivity contribution in [2.45, 2.75) is 39.8 Å². The minimum Gasteiger partial charge on any atom is -0.349 e. The van der Waals surface area contributed by atoms with E-state index in [-0.39, 0.29) is 6.29 Å². The molecule has 0 rings (SSSR count). The van der Waals surface area contributed by atoms with Crippen LogP contribution in [0.5, 0.6) is 0 Å². The average molecular weight is 252 g/mol. The van der Waals surface area contributed by atoms with Crippen molar-refractivity contribution < 1.29 is 9.47 Å². The summed E-state index contributed by atoms with van der Waals surface area (Å²) < 4.78 is 10.8. The van der Waals surface area contributed by atoms with Gasteiger partial charge in [0.25, 0.3) is 0 Å². The molecule has 2 nitrogen and oxygen atoms in total. The molecule has 0 aliphatic carbocycles. The first-order chi connectivity index (χ1) is 7.92. The van der Waals surface area contributed by atoms with Gasteiger partial charge in [0.15, 0.2) is 6.29 Å². The molecule has 0 aliphatic heterocycles. The van der Waals surface area contributed by atoms with Gasteiger partial charge in [-0.3, -0.25) is 0 Å². The average Bonchev–Trinajstić information content (AvgIpc) is 2.23. The quantitative estimate of drug-likeness (QED) is 0.299. The predicted octanol–water partition coefficient (Wildman–Crippen LogP) is 3.38. The third kappa shape index (κ3) is 8.93. The van der Waals surface area contributed by atoms with Crippen LogP contribution < -0.4 is 0 Å². The lowest BCUT2D eigenvalue weighted by Crippen LogP contribution is -2.17. The third-order valence-corrected chi connectivity index (χ3v) is 3.03. The first kappa shape index (κ1) is 16.2. The molecule has 0 radical (unpaired) electrons. The molecule has 3 heteroatoms. The highest BCUT2D eigenvalue weighted by Crippen LogP contribution is 2.09. The smallest absolute Gasteiger partial charge is 0.177 e. The molecule has 0 N–H and O–H groups in total.